The third-order valence-electron chi connectivity index (χ3n) is 4.92. The van der Waals surface area contributed by atoms with Crippen LogP contribution in [0.3, 0.4) is 0 Å². The summed E-state index contributed by atoms with van der Waals surface area (Å²) in [7, 11) is 0. The van der Waals surface area contributed by atoms with Crippen LogP contribution in [0.1, 0.15) is 19.3 Å². The zero-order valence-corrected chi connectivity index (χ0v) is 14.0. The van der Waals surface area contributed by atoms with Crippen LogP contribution in [0.5, 0.6) is 0 Å². The molecule has 3 aliphatic rings. The van der Waals surface area contributed by atoms with E-state index >= 15 is 0 Å². The minimum absolute atomic E-state index is 0.0108. The Morgan fingerprint density at radius 1 is 1.04 bits per heavy atom. The van der Waals surface area contributed by atoms with Crippen molar-refractivity contribution in [1.82, 2.24) is 20.0 Å². The summed E-state index contributed by atoms with van der Waals surface area (Å²) in [5.41, 5.74) is 0. The van der Waals surface area contributed by atoms with Crippen molar-refractivity contribution in [3.63, 3.8) is 0 Å². The van der Waals surface area contributed by atoms with E-state index in [1.54, 1.807) is 4.90 Å². The second kappa shape index (κ2) is 7.94. The SMILES string of the molecule is O=C1CCC(C(=O)N2CCCN(C(=O)CN3CCOCC3)CC2)N1. The van der Waals surface area contributed by atoms with Gasteiger partial charge in [-0.05, 0) is 12.8 Å². The van der Waals surface area contributed by atoms with Crippen molar-refractivity contribution in [2.24, 2.45) is 0 Å². The molecular weight excluding hydrogens is 312 g/mol. The number of nitrogens with one attached hydrogen (secondary N) is 1. The molecule has 3 aliphatic heterocycles. The summed E-state index contributed by atoms with van der Waals surface area (Å²) in [5.74, 6) is 0.0641. The molecule has 8 nitrogen and oxygen atoms in total. The van der Waals surface area contributed by atoms with E-state index < -0.39 is 0 Å². The van der Waals surface area contributed by atoms with Crippen molar-refractivity contribution < 1.29 is 19.1 Å². The van der Waals surface area contributed by atoms with Gasteiger partial charge in [-0.2, -0.15) is 0 Å². The Labute approximate surface area is 142 Å². The van der Waals surface area contributed by atoms with Crippen LogP contribution >= 0.6 is 0 Å². The highest BCUT2D eigenvalue weighted by molar-refractivity contribution is 5.90. The molecule has 0 aromatic carbocycles. The average molecular weight is 338 g/mol. The largest absolute Gasteiger partial charge is 0.379 e. The van der Waals surface area contributed by atoms with Crippen molar-refractivity contribution in [3.8, 4) is 0 Å². The van der Waals surface area contributed by atoms with Gasteiger partial charge in [-0.3, -0.25) is 19.3 Å². The smallest absolute Gasteiger partial charge is 0.245 e. The van der Waals surface area contributed by atoms with Crippen LogP contribution < -0.4 is 5.32 Å². The highest BCUT2D eigenvalue weighted by Gasteiger charge is 2.32. The first-order valence-corrected chi connectivity index (χ1v) is 8.79. The van der Waals surface area contributed by atoms with Crippen molar-refractivity contribution in [2.45, 2.75) is 25.3 Å². The van der Waals surface area contributed by atoms with Crippen LogP contribution in [0.15, 0.2) is 0 Å². The molecule has 0 aromatic heterocycles. The summed E-state index contributed by atoms with van der Waals surface area (Å²) >= 11 is 0. The number of carbonyl (C=O) groups is 3. The number of nitrogens with zero attached hydrogens (tertiary/aromatic N) is 3. The topological polar surface area (TPSA) is 82.2 Å². The highest BCUT2D eigenvalue weighted by Crippen LogP contribution is 2.12. The van der Waals surface area contributed by atoms with E-state index in [2.05, 4.69) is 10.2 Å². The molecule has 3 rings (SSSR count). The third kappa shape index (κ3) is 4.24. The first kappa shape index (κ1) is 17.2. The van der Waals surface area contributed by atoms with Crippen molar-refractivity contribution in [3.05, 3.63) is 0 Å². The Balaban J connectivity index is 1.48. The van der Waals surface area contributed by atoms with E-state index in [-0.39, 0.29) is 23.8 Å². The molecule has 24 heavy (non-hydrogen) atoms. The van der Waals surface area contributed by atoms with Crippen molar-refractivity contribution in [2.75, 3.05) is 59.0 Å². The predicted molar refractivity (Wildman–Crippen MR) is 86.2 cm³/mol. The molecule has 3 heterocycles. The molecule has 3 amide bonds. The van der Waals surface area contributed by atoms with Gasteiger partial charge in [0.15, 0.2) is 0 Å². The summed E-state index contributed by atoms with van der Waals surface area (Å²) in [5, 5.41) is 2.73. The van der Waals surface area contributed by atoms with E-state index in [0.29, 0.717) is 58.8 Å². The molecule has 0 bridgehead atoms. The molecule has 1 N–H and O–H groups in total. The summed E-state index contributed by atoms with van der Waals surface area (Å²) in [4.78, 5) is 42.0. The first-order chi connectivity index (χ1) is 11.6. The molecule has 3 saturated heterocycles. The molecule has 0 aliphatic carbocycles. The number of morpholine rings is 1. The zero-order valence-electron chi connectivity index (χ0n) is 14.0. The fourth-order valence-electron chi connectivity index (χ4n) is 3.46. The standard InChI is InChI=1S/C16H26N4O4/c21-14-3-2-13(17-14)16(23)20-5-1-4-19(6-7-20)15(22)12-18-8-10-24-11-9-18/h13H,1-12H2,(H,17,21). The van der Waals surface area contributed by atoms with Crippen LogP contribution in [-0.2, 0) is 19.1 Å². The van der Waals surface area contributed by atoms with Crippen molar-refractivity contribution >= 4 is 17.7 Å². The second-order valence-electron chi connectivity index (χ2n) is 6.61. The summed E-state index contributed by atoms with van der Waals surface area (Å²) in [6.45, 7) is 5.82. The van der Waals surface area contributed by atoms with Gasteiger partial charge in [-0.15, -0.1) is 0 Å². The van der Waals surface area contributed by atoms with Gasteiger partial charge < -0.3 is 19.9 Å². The van der Waals surface area contributed by atoms with Crippen LogP contribution in [-0.4, -0.2) is 97.5 Å². The van der Waals surface area contributed by atoms with E-state index in [1.807, 2.05) is 4.90 Å². The van der Waals surface area contributed by atoms with Gasteiger partial charge in [-0.1, -0.05) is 0 Å². The third-order valence-corrected chi connectivity index (χ3v) is 4.92. The number of carbonyl (C=O) groups excluding carboxylic acids is 3. The van der Waals surface area contributed by atoms with Crippen LogP contribution in [0, 0.1) is 0 Å². The van der Waals surface area contributed by atoms with Gasteiger partial charge in [0.05, 0.1) is 19.8 Å². The molecular formula is C16H26N4O4. The van der Waals surface area contributed by atoms with Gasteiger partial charge >= 0.3 is 0 Å². The van der Waals surface area contributed by atoms with E-state index in [1.165, 1.54) is 0 Å². The maximum atomic E-state index is 12.5. The van der Waals surface area contributed by atoms with Crippen molar-refractivity contribution in [1.29, 1.82) is 0 Å². The first-order valence-electron chi connectivity index (χ1n) is 8.79. The van der Waals surface area contributed by atoms with Crippen LogP contribution in [0.25, 0.3) is 0 Å². The molecule has 0 saturated carbocycles. The monoisotopic (exact) mass is 338 g/mol. The average Bonchev–Trinajstić information content (AvgIpc) is 2.87. The van der Waals surface area contributed by atoms with Gasteiger partial charge in [-0.25, -0.2) is 0 Å². The van der Waals surface area contributed by atoms with Crippen LogP contribution in [0.2, 0.25) is 0 Å². The van der Waals surface area contributed by atoms with Gasteiger partial charge in [0.1, 0.15) is 6.04 Å². The quantitative estimate of drug-likeness (QED) is 0.689. The molecule has 0 radical (unpaired) electrons. The minimum Gasteiger partial charge on any atom is -0.379 e. The molecule has 1 atom stereocenters. The lowest BCUT2D eigenvalue weighted by Crippen LogP contribution is -2.47. The Morgan fingerprint density at radius 3 is 2.46 bits per heavy atom. The van der Waals surface area contributed by atoms with E-state index in [9.17, 15) is 14.4 Å². The van der Waals surface area contributed by atoms with Gasteiger partial charge in [0.2, 0.25) is 17.7 Å². The molecule has 8 heteroatoms. The summed E-state index contributed by atoms with van der Waals surface area (Å²) in [6.07, 6.45) is 1.78. The highest BCUT2D eigenvalue weighted by atomic mass is 16.5. The fraction of sp³-hybridized carbons (Fsp3) is 0.812. The predicted octanol–water partition coefficient (Wildman–Crippen LogP) is -1.34. The molecule has 3 fully saturated rings. The Hall–Kier alpha value is -1.67. The minimum atomic E-state index is -0.381. The molecule has 134 valence electrons. The molecule has 0 aromatic rings. The Morgan fingerprint density at radius 2 is 1.75 bits per heavy atom. The van der Waals surface area contributed by atoms with E-state index in [4.69, 9.17) is 4.74 Å². The lowest BCUT2D eigenvalue weighted by Gasteiger charge is -2.29. The maximum Gasteiger partial charge on any atom is 0.245 e. The number of ether oxygens (including phenoxy) is 1. The number of rotatable bonds is 3. The van der Waals surface area contributed by atoms with Gasteiger partial charge in [0.25, 0.3) is 0 Å². The Bertz CT molecular complexity index is 492. The van der Waals surface area contributed by atoms with Crippen LogP contribution in [0.4, 0.5) is 0 Å². The lowest BCUT2D eigenvalue weighted by molar-refractivity contribution is -0.136. The maximum absolute atomic E-state index is 12.5. The normalized spacial score (nSPS) is 26.2. The summed E-state index contributed by atoms with van der Waals surface area (Å²) < 4.78 is 5.30. The lowest BCUT2D eigenvalue weighted by atomic mass is 10.2. The zero-order chi connectivity index (χ0) is 16.9. The number of amides is 3. The Kier molecular flexibility index (Phi) is 5.68. The van der Waals surface area contributed by atoms with Gasteiger partial charge in [0, 0.05) is 45.7 Å². The fourth-order valence-corrected chi connectivity index (χ4v) is 3.46. The number of hydrogen-bond acceptors (Lipinski definition) is 5. The summed E-state index contributed by atoms with van der Waals surface area (Å²) in [6, 6.07) is -0.381. The second-order valence-corrected chi connectivity index (χ2v) is 6.61. The van der Waals surface area contributed by atoms with E-state index in [0.717, 1.165) is 19.5 Å². The number of hydrogen-bond donors (Lipinski definition) is 1. The molecule has 0 spiro atoms. The molecule has 1 unspecified atom stereocenters.